The number of nitrogens with one attached hydrogen (secondary N) is 1. The van der Waals surface area contributed by atoms with Crippen LogP contribution in [0.4, 0.5) is 5.69 Å². The van der Waals surface area contributed by atoms with E-state index in [1.165, 1.54) is 49.9 Å². The molecule has 98 valence electrons. The maximum absolute atomic E-state index is 4.30. The van der Waals surface area contributed by atoms with Crippen molar-refractivity contribution in [2.24, 2.45) is 0 Å². The van der Waals surface area contributed by atoms with Crippen molar-refractivity contribution in [2.45, 2.75) is 57.7 Å². The predicted molar refractivity (Wildman–Crippen MR) is 74.8 cm³/mol. The van der Waals surface area contributed by atoms with Gasteiger partial charge in [0.15, 0.2) is 0 Å². The second-order valence-electron chi connectivity index (χ2n) is 5.58. The van der Waals surface area contributed by atoms with E-state index in [2.05, 4.69) is 28.2 Å². The Morgan fingerprint density at radius 2 is 2.17 bits per heavy atom. The smallest absolute Gasteiger partial charge is 0.0445 e. The zero-order chi connectivity index (χ0) is 12.4. The molecule has 2 fully saturated rings. The highest BCUT2D eigenvalue weighted by Crippen LogP contribution is 2.33. The van der Waals surface area contributed by atoms with E-state index in [1.807, 2.05) is 12.4 Å². The number of nitrogens with zero attached hydrogens (tertiary/aromatic N) is 2. The zero-order valence-corrected chi connectivity index (χ0v) is 11.2. The molecule has 0 radical (unpaired) electrons. The summed E-state index contributed by atoms with van der Waals surface area (Å²) in [7, 11) is 0. The van der Waals surface area contributed by atoms with Crippen LogP contribution in [0, 0.1) is 0 Å². The number of hydrogen-bond acceptors (Lipinski definition) is 3. The summed E-state index contributed by atoms with van der Waals surface area (Å²) in [5.41, 5.74) is 2.77. The molecule has 3 heteroatoms. The standard InChI is InChI=1S/C15H23N3/c1-2-9-18(14-5-6-14)15-7-8-16-10-12(15)11-17-13-3-4-13/h7-8,10,13-14,17H,2-6,9,11H2,1H3. The van der Waals surface area contributed by atoms with Crippen LogP contribution < -0.4 is 10.2 Å². The summed E-state index contributed by atoms with van der Waals surface area (Å²) in [4.78, 5) is 6.89. The van der Waals surface area contributed by atoms with E-state index in [1.54, 1.807) is 0 Å². The van der Waals surface area contributed by atoms with Crippen molar-refractivity contribution in [1.82, 2.24) is 10.3 Å². The first-order valence-corrected chi connectivity index (χ1v) is 7.31. The van der Waals surface area contributed by atoms with Crippen molar-refractivity contribution >= 4 is 5.69 Å². The fourth-order valence-electron chi connectivity index (χ4n) is 2.50. The van der Waals surface area contributed by atoms with Gasteiger partial charge in [-0.15, -0.1) is 0 Å². The number of pyridine rings is 1. The van der Waals surface area contributed by atoms with Crippen LogP contribution in [-0.2, 0) is 6.54 Å². The first kappa shape index (κ1) is 12.0. The number of rotatable bonds is 7. The fourth-order valence-corrected chi connectivity index (χ4v) is 2.50. The summed E-state index contributed by atoms with van der Waals surface area (Å²) in [6.07, 6.45) is 10.6. The van der Waals surface area contributed by atoms with Gasteiger partial charge in [0.1, 0.15) is 0 Å². The zero-order valence-electron chi connectivity index (χ0n) is 11.2. The van der Waals surface area contributed by atoms with E-state index in [0.717, 1.165) is 18.6 Å². The molecule has 1 heterocycles. The summed E-state index contributed by atoms with van der Waals surface area (Å²) in [6.45, 7) is 4.41. The molecule has 0 unspecified atom stereocenters. The molecule has 1 aromatic rings. The van der Waals surface area contributed by atoms with Crippen LogP contribution >= 0.6 is 0 Å². The minimum atomic E-state index is 0.763. The molecular weight excluding hydrogens is 222 g/mol. The van der Waals surface area contributed by atoms with Gasteiger partial charge in [-0.25, -0.2) is 0 Å². The second-order valence-corrected chi connectivity index (χ2v) is 5.58. The molecule has 3 rings (SSSR count). The van der Waals surface area contributed by atoms with Gasteiger partial charge in [0, 0.05) is 48.8 Å². The van der Waals surface area contributed by atoms with Crippen molar-refractivity contribution < 1.29 is 0 Å². The Kier molecular flexibility index (Phi) is 3.50. The highest BCUT2D eigenvalue weighted by molar-refractivity contribution is 5.54. The highest BCUT2D eigenvalue weighted by Gasteiger charge is 2.30. The molecule has 0 bridgehead atoms. The third-order valence-corrected chi connectivity index (χ3v) is 3.80. The Morgan fingerprint density at radius 1 is 1.33 bits per heavy atom. The van der Waals surface area contributed by atoms with E-state index < -0.39 is 0 Å². The molecule has 2 aliphatic carbocycles. The lowest BCUT2D eigenvalue weighted by Gasteiger charge is -2.26. The predicted octanol–water partition coefficient (Wildman–Crippen LogP) is 2.71. The minimum absolute atomic E-state index is 0.763. The van der Waals surface area contributed by atoms with Gasteiger partial charge in [-0.2, -0.15) is 0 Å². The Morgan fingerprint density at radius 3 is 2.83 bits per heavy atom. The van der Waals surface area contributed by atoms with Crippen molar-refractivity contribution in [1.29, 1.82) is 0 Å². The van der Waals surface area contributed by atoms with Gasteiger partial charge in [-0.3, -0.25) is 4.98 Å². The third-order valence-electron chi connectivity index (χ3n) is 3.80. The average molecular weight is 245 g/mol. The van der Waals surface area contributed by atoms with Crippen LogP contribution in [-0.4, -0.2) is 23.6 Å². The molecule has 18 heavy (non-hydrogen) atoms. The van der Waals surface area contributed by atoms with Crippen LogP contribution in [0.1, 0.15) is 44.6 Å². The van der Waals surface area contributed by atoms with E-state index in [0.29, 0.717) is 0 Å². The summed E-state index contributed by atoms with van der Waals surface area (Å²) in [6, 6.07) is 3.74. The molecule has 1 N–H and O–H groups in total. The van der Waals surface area contributed by atoms with Crippen LogP contribution in [0.25, 0.3) is 0 Å². The van der Waals surface area contributed by atoms with E-state index in [9.17, 15) is 0 Å². The van der Waals surface area contributed by atoms with E-state index in [-0.39, 0.29) is 0 Å². The van der Waals surface area contributed by atoms with Gasteiger partial charge in [-0.1, -0.05) is 6.92 Å². The summed E-state index contributed by atoms with van der Waals surface area (Å²) < 4.78 is 0. The topological polar surface area (TPSA) is 28.2 Å². The Bertz CT molecular complexity index is 396. The molecule has 2 aliphatic rings. The minimum Gasteiger partial charge on any atom is -0.368 e. The summed E-state index contributed by atoms with van der Waals surface area (Å²) in [5.74, 6) is 0. The van der Waals surface area contributed by atoms with Gasteiger partial charge in [0.05, 0.1) is 0 Å². The van der Waals surface area contributed by atoms with E-state index >= 15 is 0 Å². The molecule has 0 amide bonds. The highest BCUT2D eigenvalue weighted by atomic mass is 15.2. The maximum Gasteiger partial charge on any atom is 0.0445 e. The number of aromatic nitrogens is 1. The van der Waals surface area contributed by atoms with Gasteiger partial charge >= 0.3 is 0 Å². The third kappa shape index (κ3) is 2.83. The Balaban J connectivity index is 1.74. The van der Waals surface area contributed by atoms with E-state index in [4.69, 9.17) is 0 Å². The Labute approximate surface area is 110 Å². The maximum atomic E-state index is 4.30. The largest absolute Gasteiger partial charge is 0.368 e. The number of hydrogen-bond donors (Lipinski definition) is 1. The van der Waals surface area contributed by atoms with Gasteiger partial charge in [0.25, 0.3) is 0 Å². The van der Waals surface area contributed by atoms with Crippen molar-refractivity contribution in [2.75, 3.05) is 11.4 Å². The van der Waals surface area contributed by atoms with Crippen LogP contribution in [0.3, 0.4) is 0 Å². The van der Waals surface area contributed by atoms with Crippen molar-refractivity contribution in [3.05, 3.63) is 24.0 Å². The lowest BCUT2D eigenvalue weighted by molar-refractivity contribution is 0.677. The van der Waals surface area contributed by atoms with Crippen LogP contribution in [0.2, 0.25) is 0 Å². The number of anilines is 1. The summed E-state index contributed by atoms with van der Waals surface area (Å²) >= 11 is 0. The second kappa shape index (κ2) is 5.27. The quantitative estimate of drug-likeness (QED) is 0.800. The molecular formula is C15H23N3. The van der Waals surface area contributed by atoms with Gasteiger partial charge < -0.3 is 10.2 Å². The van der Waals surface area contributed by atoms with Gasteiger partial charge in [-0.05, 0) is 38.2 Å². The van der Waals surface area contributed by atoms with Crippen molar-refractivity contribution in [3.8, 4) is 0 Å². The molecule has 2 saturated carbocycles. The first-order chi connectivity index (χ1) is 8.88. The Hall–Kier alpha value is -1.09. The molecule has 0 spiro atoms. The lowest BCUT2D eigenvalue weighted by Crippen LogP contribution is -2.28. The lowest BCUT2D eigenvalue weighted by atomic mass is 10.2. The van der Waals surface area contributed by atoms with Crippen molar-refractivity contribution in [3.63, 3.8) is 0 Å². The summed E-state index contributed by atoms with van der Waals surface area (Å²) in [5, 5.41) is 3.60. The van der Waals surface area contributed by atoms with Crippen LogP contribution in [0.15, 0.2) is 18.5 Å². The molecule has 0 aliphatic heterocycles. The average Bonchev–Trinajstić information content (AvgIpc) is 3.28. The molecule has 0 aromatic carbocycles. The van der Waals surface area contributed by atoms with Crippen LogP contribution in [0.5, 0.6) is 0 Å². The molecule has 0 atom stereocenters. The monoisotopic (exact) mass is 245 g/mol. The fraction of sp³-hybridized carbons (Fsp3) is 0.667. The SMILES string of the molecule is CCCN(c1ccncc1CNC1CC1)C1CC1. The molecule has 0 saturated heterocycles. The van der Waals surface area contributed by atoms with Gasteiger partial charge in [0.2, 0.25) is 0 Å². The molecule has 1 aromatic heterocycles. The normalized spacial score (nSPS) is 18.9. The molecule has 3 nitrogen and oxygen atoms in total. The first-order valence-electron chi connectivity index (χ1n) is 7.31.